The number of aromatic amines is 1. The molecule has 0 amide bonds. The lowest BCUT2D eigenvalue weighted by Crippen LogP contribution is -2.11. The van der Waals surface area contributed by atoms with Gasteiger partial charge in [-0.2, -0.15) is 0 Å². The number of rotatable bonds is 3. The molecule has 0 spiro atoms. The first-order valence-electron chi connectivity index (χ1n) is 6.36. The van der Waals surface area contributed by atoms with Crippen LogP contribution < -0.4 is 10.3 Å². The second kappa shape index (κ2) is 5.28. The topological polar surface area (TPSA) is 62.3 Å². The number of H-pyrrole nitrogens is 1. The number of fused-ring (bicyclic) bond motifs is 1. The maximum absolute atomic E-state index is 12.8. The summed E-state index contributed by atoms with van der Waals surface area (Å²) in [5.41, 5.74) is 0.237. The molecule has 5 heteroatoms. The Morgan fingerprint density at radius 3 is 2.43 bits per heavy atom. The first-order valence-corrected chi connectivity index (χ1v) is 6.36. The molecular weight excluding hydrogens is 273 g/mol. The number of hydrogen-bond acceptors (Lipinski definition) is 3. The summed E-state index contributed by atoms with van der Waals surface area (Å²) >= 11 is 0. The summed E-state index contributed by atoms with van der Waals surface area (Å²) in [5, 5.41) is 10.8. The molecule has 0 aliphatic heterocycles. The van der Waals surface area contributed by atoms with E-state index in [9.17, 15) is 14.3 Å². The average molecular weight is 285 g/mol. The smallest absolute Gasteiger partial charge is 0.293 e. The molecule has 106 valence electrons. The molecule has 0 fully saturated rings. The second-order valence-corrected chi connectivity index (χ2v) is 4.59. The van der Waals surface area contributed by atoms with Gasteiger partial charge in [-0.05, 0) is 23.8 Å². The van der Waals surface area contributed by atoms with Crippen LogP contribution in [0, 0.1) is 5.82 Å². The number of aromatic nitrogens is 1. The molecule has 0 atom stereocenters. The monoisotopic (exact) mass is 285 g/mol. The minimum absolute atomic E-state index is 0.132. The Balaban J connectivity index is 1.97. The molecule has 3 rings (SSSR count). The van der Waals surface area contributed by atoms with Gasteiger partial charge in [0.15, 0.2) is 11.6 Å². The van der Waals surface area contributed by atoms with Gasteiger partial charge in [-0.1, -0.05) is 30.3 Å². The number of pyridine rings is 1. The fraction of sp³-hybridized carbons (Fsp3) is 0.0625. The fourth-order valence-electron chi connectivity index (χ4n) is 2.12. The van der Waals surface area contributed by atoms with Crippen LogP contribution in [0.5, 0.6) is 11.6 Å². The van der Waals surface area contributed by atoms with E-state index in [2.05, 4.69) is 4.98 Å². The standard InChI is InChI=1S/C16H12FNO3/c17-11-7-5-10(6-8-11)9-21-14-12-3-1-2-4-13(12)15(19)18-16(14)20/h1-8H,9H2,(H2,18,19,20). The molecule has 0 aliphatic rings. The second-order valence-electron chi connectivity index (χ2n) is 4.59. The molecule has 0 radical (unpaired) electrons. The van der Waals surface area contributed by atoms with Crippen LogP contribution in [0.2, 0.25) is 0 Å². The number of benzene rings is 2. The van der Waals surface area contributed by atoms with Crippen LogP contribution in [0.25, 0.3) is 10.8 Å². The molecular formula is C16H12FNO3. The van der Waals surface area contributed by atoms with Crippen molar-refractivity contribution < 1.29 is 14.2 Å². The van der Waals surface area contributed by atoms with Crippen molar-refractivity contribution in [1.82, 2.24) is 4.98 Å². The van der Waals surface area contributed by atoms with Crippen LogP contribution in [0.3, 0.4) is 0 Å². The lowest BCUT2D eigenvalue weighted by molar-refractivity contribution is 0.304. The highest BCUT2D eigenvalue weighted by Gasteiger charge is 2.11. The highest BCUT2D eigenvalue weighted by molar-refractivity contribution is 5.91. The molecule has 0 saturated heterocycles. The molecule has 0 saturated carbocycles. The van der Waals surface area contributed by atoms with Crippen molar-refractivity contribution in [3.05, 3.63) is 70.3 Å². The van der Waals surface area contributed by atoms with Crippen molar-refractivity contribution >= 4 is 10.8 Å². The molecule has 2 aromatic carbocycles. The van der Waals surface area contributed by atoms with Crippen molar-refractivity contribution in [2.75, 3.05) is 0 Å². The van der Waals surface area contributed by atoms with Crippen molar-refractivity contribution in [1.29, 1.82) is 0 Å². The predicted octanol–water partition coefficient (Wildman–Crippen LogP) is 2.95. The molecule has 3 aromatic rings. The summed E-state index contributed by atoms with van der Waals surface area (Å²) in [6, 6.07) is 12.7. The van der Waals surface area contributed by atoms with Crippen molar-refractivity contribution in [3.63, 3.8) is 0 Å². The molecule has 0 aliphatic carbocycles. The Labute approximate surface area is 119 Å². The number of hydrogen-bond donors (Lipinski definition) is 2. The van der Waals surface area contributed by atoms with Gasteiger partial charge in [0.05, 0.1) is 0 Å². The van der Waals surface area contributed by atoms with E-state index >= 15 is 0 Å². The SMILES string of the molecule is O=c1[nH]c(O)c2ccccc2c1OCc1ccc(F)cc1. The van der Waals surface area contributed by atoms with E-state index in [0.717, 1.165) is 5.56 Å². The number of ether oxygens (including phenoxy) is 1. The van der Waals surface area contributed by atoms with Gasteiger partial charge < -0.3 is 9.84 Å². The first kappa shape index (κ1) is 13.2. The number of halogens is 1. The Hall–Kier alpha value is -2.82. The van der Waals surface area contributed by atoms with E-state index in [4.69, 9.17) is 4.74 Å². The average Bonchev–Trinajstić information content (AvgIpc) is 2.49. The molecule has 1 heterocycles. The molecule has 0 bridgehead atoms. The molecule has 2 N–H and O–H groups in total. The van der Waals surface area contributed by atoms with Gasteiger partial charge in [-0.15, -0.1) is 0 Å². The Morgan fingerprint density at radius 1 is 1.05 bits per heavy atom. The molecule has 0 unspecified atom stereocenters. The van der Waals surface area contributed by atoms with Gasteiger partial charge in [0.2, 0.25) is 0 Å². The summed E-state index contributed by atoms with van der Waals surface area (Å²) in [5.74, 6) is -0.385. The van der Waals surface area contributed by atoms with Gasteiger partial charge >= 0.3 is 0 Å². The van der Waals surface area contributed by atoms with Crippen molar-refractivity contribution in [2.45, 2.75) is 6.61 Å². The van der Waals surface area contributed by atoms with E-state index in [1.807, 2.05) is 0 Å². The largest absolute Gasteiger partial charge is 0.494 e. The fourth-order valence-corrected chi connectivity index (χ4v) is 2.12. The van der Waals surface area contributed by atoms with Crippen LogP contribution in [-0.4, -0.2) is 10.1 Å². The Kier molecular flexibility index (Phi) is 3.31. The highest BCUT2D eigenvalue weighted by atomic mass is 19.1. The Morgan fingerprint density at radius 2 is 1.71 bits per heavy atom. The third kappa shape index (κ3) is 2.58. The number of nitrogens with one attached hydrogen (secondary N) is 1. The zero-order valence-electron chi connectivity index (χ0n) is 11.0. The minimum atomic E-state index is -0.506. The Bertz CT molecular complexity index is 840. The maximum Gasteiger partial charge on any atom is 0.293 e. The lowest BCUT2D eigenvalue weighted by atomic mass is 10.1. The van der Waals surface area contributed by atoms with Gasteiger partial charge in [0.1, 0.15) is 12.4 Å². The summed E-state index contributed by atoms with van der Waals surface area (Å²) in [7, 11) is 0. The van der Waals surface area contributed by atoms with Crippen LogP contribution in [-0.2, 0) is 6.61 Å². The van der Waals surface area contributed by atoms with E-state index in [-0.39, 0.29) is 24.1 Å². The van der Waals surface area contributed by atoms with Gasteiger partial charge in [-0.3, -0.25) is 9.78 Å². The normalized spacial score (nSPS) is 10.7. The molecule has 21 heavy (non-hydrogen) atoms. The predicted molar refractivity (Wildman–Crippen MR) is 77.0 cm³/mol. The lowest BCUT2D eigenvalue weighted by Gasteiger charge is -2.09. The summed E-state index contributed by atoms with van der Waals surface area (Å²) < 4.78 is 18.4. The quantitative estimate of drug-likeness (QED) is 0.777. The van der Waals surface area contributed by atoms with Crippen molar-refractivity contribution in [3.8, 4) is 11.6 Å². The molecule has 4 nitrogen and oxygen atoms in total. The van der Waals surface area contributed by atoms with Gasteiger partial charge in [-0.25, -0.2) is 4.39 Å². The molecule has 1 aromatic heterocycles. The maximum atomic E-state index is 12.8. The van der Waals surface area contributed by atoms with Crippen LogP contribution in [0.15, 0.2) is 53.3 Å². The minimum Gasteiger partial charge on any atom is -0.494 e. The number of aromatic hydroxyl groups is 1. The zero-order valence-corrected chi connectivity index (χ0v) is 11.0. The van der Waals surface area contributed by atoms with Crippen LogP contribution >= 0.6 is 0 Å². The first-order chi connectivity index (χ1) is 10.1. The summed E-state index contributed by atoms with van der Waals surface area (Å²) in [4.78, 5) is 14.3. The van der Waals surface area contributed by atoms with Crippen LogP contribution in [0.4, 0.5) is 4.39 Å². The van der Waals surface area contributed by atoms with E-state index < -0.39 is 5.56 Å². The van der Waals surface area contributed by atoms with Crippen LogP contribution in [0.1, 0.15) is 5.56 Å². The van der Waals surface area contributed by atoms with E-state index in [0.29, 0.717) is 10.8 Å². The van der Waals surface area contributed by atoms with Gasteiger partial charge in [0, 0.05) is 10.8 Å². The van der Waals surface area contributed by atoms with Gasteiger partial charge in [0.25, 0.3) is 5.56 Å². The van der Waals surface area contributed by atoms with E-state index in [1.54, 1.807) is 36.4 Å². The van der Waals surface area contributed by atoms with E-state index in [1.165, 1.54) is 12.1 Å². The van der Waals surface area contributed by atoms with Crippen molar-refractivity contribution in [2.24, 2.45) is 0 Å². The zero-order chi connectivity index (χ0) is 14.8. The highest BCUT2D eigenvalue weighted by Crippen LogP contribution is 2.27. The summed E-state index contributed by atoms with van der Waals surface area (Å²) in [6.45, 7) is 0.137. The summed E-state index contributed by atoms with van der Waals surface area (Å²) in [6.07, 6.45) is 0. The third-order valence-electron chi connectivity index (χ3n) is 3.16. The third-order valence-corrected chi connectivity index (χ3v) is 3.16.